The van der Waals surface area contributed by atoms with E-state index in [1.807, 2.05) is 91.9 Å². The summed E-state index contributed by atoms with van der Waals surface area (Å²) in [6.45, 7) is 12.1. The predicted molar refractivity (Wildman–Crippen MR) is 180 cm³/mol. The molecular formula is C39H38N2O6. The van der Waals surface area contributed by atoms with Crippen LogP contribution < -0.4 is 19.5 Å². The molecule has 0 radical (unpaired) electrons. The first kappa shape index (κ1) is 31.8. The lowest BCUT2D eigenvalue weighted by atomic mass is 9.71. The molecule has 0 bridgehead atoms. The molecule has 8 heteroatoms. The molecule has 0 N–H and O–H groups in total. The van der Waals surface area contributed by atoms with Gasteiger partial charge in [0.05, 0.1) is 6.61 Å². The first-order chi connectivity index (χ1) is 22.8. The van der Waals surface area contributed by atoms with Gasteiger partial charge < -0.3 is 24.2 Å². The smallest absolute Gasteiger partial charge is 0.338 e. The number of hydrogen-bond acceptors (Lipinski definition) is 7. The lowest BCUT2D eigenvalue weighted by Crippen LogP contribution is -2.41. The standard InChI is InChI=1S/C39H38N2O6/c1-5-40(30-15-19-32(20-16-30)45-23-34-24-46-34)28-11-7-26(8-12-28)35-37(42)36(38(35)43)27-9-13-29(14-10-27)41(6-2)31-17-21-33(22-18-31)47-39(44)25(3)4/h7-22,27,34,36H,3,5-6,23-24H2,1-2,4H3. The Hall–Kier alpha value is -5.21. The van der Waals surface area contributed by atoms with Crippen molar-refractivity contribution in [3.63, 3.8) is 0 Å². The Labute approximate surface area is 275 Å². The molecule has 1 heterocycles. The Bertz CT molecular complexity index is 1780. The van der Waals surface area contributed by atoms with Crippen LogP contribution >= 0.6 is 0 Å². The molecule has 0 spiro atoms. The van der Waals surface area contributed by atoms with E-state index in [1.165, 1.54) is 0 Å². The number of nitrogens with zero attached hydrogens (tertiary/aromatic N) is 2. The van der Waals surface area contributed by atoms with E-state index in [9.17, 15) is 14.7 Å². The molecule has 3 aromatic carbocycles. The van der Waals surface area contributed by atoms with E-state index in [2.05, 4.69) is 23.0 Å². The van der Waals surface area contributed by atoms with Crippen molar-refractivity contribution in [3.8, 4) is 11.5 Å². The Morgan fingerprint density at radius 1 is 0.957 bits per heavy atom. The van der Waals surface area contributed by atoms with Gasteiger partial charge in [0, 0.05) is 65.2 Å². The summed E-state index contributed by atoms with van der Waals surface area (Å²) in [6.07, 6.45) is 7.97. The number of carbonyl (C=O) groups is 2. The third-order valence-electron chi connectivity index (χ3n) is 8.53. The van der Waals surface area contributed by atoms with Crippen LogP contribution in [0.1, 0.15) is 26.3 Å². The summed E-state index contributed by atoms with van der Waals surface area (Å²) in [5.74, 6) is -0.486. The number of rotatable bonds is 12. The van der Waals surface area contributed by atoms with Crippen molar-refractivity contribution in [2.75, 3.05) is 31.2 Å². The molecule has 240 valence electrons. The highest BCUT2D eigenvalue weighted by Gasteiger charge is 2.38. The number of anilines is 2. The molecule has 0 amide bonds. The van der Waals surface area contributed by atoms with Crippen molar-refractivity contribution in [2.24, 2.45) is 11.8 Å². The second kappa shape index (κ2) is 13.6. The van der Waals surface area contributed by atoms with Gasteiger partial charge in [-0.15, -0.1) is 5.76 Å². The summed E-state index contributed by atoms with van der Waals surface area (Å²) in [5.41, 5.74) is 5.10. The minimum atomic E-state index is -0.713. The van der Waals surface area contributed by atoms with E-state index in [0.717, 1.165) is 41.7 Å². The lowest BCUT2D eigenvalue weighted by molar-refractivity contribution is -0.434. The van der Waals surface area contributed by atoms with Crippen LogP contribution in [0.3, 0.4) is 0 Å². The summed E-state index contributed by atoms with van der Waals surface area (Å²) in [5, 5.41) is 13.3. The van der Waals surface area contributed by atoms with Gasteiger partial charge in [0.15, 0.2) is 5.78 Å². The predicted octanol–water partition coefficient (Wildman–Crippen LogP) is 5.92. The second-order valence-corrected chi connectivity index (χ2v) is 11.8. The maximum Gasteiger partial charge on any atom is 0.338 e. The molecule has 0 aromatic heterocycles. The Morgan fingerprint density at radius 3 is 2.09 bits per heavy atom. The average molecular weight is 631 g/mol. The zero-order valence-electron chi connectivity index (χ0n) is 26.8. The Balaban J connectivity index is 1.12. The van der Waals surface area contributed by atoms with Gasteiger partial charge in [-0.3, -0.25) is 4.79 Å². The van der Waals surface area contributed by atoms with Gasteiger partial charge in [-0.1, -0.05) is 30.9 Å². The van der Waals surface area contributed by atoms with Crippen LogP contribution in [-0.2, 0) is 14.3 Å². The highest BCUT2D eigenvalue weighted by atomic mass is 16.6. The van der Waals surface area contributed by atoms with Crippen LogP contribution in [0, 0.1) is 11.8 Å². The molecule has 2 aliphatic carbocycles. The van der Waals surface area contributed by atoms with E-state index in [-0.39, 0.29) is 29.1 Å². The first-order valence-corrected chi connectivity index (χ1v) is 15.9. The molecule has 6 rings (SSSR count). The molecular weight excluding hydrogens is 592 g/mol. The first-order valence-electron chi connectivity index (χ1n) is 15.9. The van der Waals surface area contributed by atoms with Crippen LogP contribution in [0.15, 0.2) is 115 Å². The van der Waals surface area contributed by atoms with E-state index >= 15 is 0 Å². The molecule has 2 atom stereocenters. The van der Waals surface area contributed by atoms with Gasteiger partial charge in [-0.25, -0.2) is 4.79 Å². The number of carbonyl (C=O) groups excluding carboxylic acids is 2. The van der Waals surface area contributed by atoms with Crippen molar-refractivity contribution in [1.82, 2.24) is 0 Å². The zero-order chi connectivity index (χ0) is 33.1. The number of esters is 1. The largest absolute Gasteiger partial charge is 0.874 e. The minimum absolute atomic E-state index is 0.128. The normalized spacial score (nSPS) is 19.7. The van der Waals surface area contributed by atoms with Gasteiger partial charge in [0.25, 0.3) is 0 Å². The number of epoxide rings is 1. The highest BCUT2D eigenvalue weighted by molar-refractivity contribution is 6.29. The Morgan fingerprint density at radius 2 is 1.55 bits per heavy atom. The number of benzene rings is 3. The molecule has 1 saturated heterocycles. The summed E-state index contributed by atoms with van der Waals surface area (Å²) >= 11 is 0. The number of allylic oxidation sites excluding steroid dienone is 6. The highest BCUT2D eigenvalue weighted by Crippen LogP contribution is 2.41. The molecule has 47 heavy (non-hydrogen) atoms. The van der Waals surface area contributed by atoms with Gasteiger partial charge in [0.1, 0.15) is 30.8 Å². The summed E-state index contributed by atoms with van der Waals surface area (Å²) in [6, 6.07) is 22.8. The van der Waals surface area contributed by atoms with Crippen molar-refractivity contribution in [3.05, 3.63) is 121 Å². The number of Topliss-reactive ketones (excluding diaryl/α,β-unsaturated/α-hetero) is 1. The number of ketones is 1. The van der Waals surface area contributed by atoms with Crippen molar-refractivity contribution in [2.45, 2.75) is 26.9 Å². The minimum Gasteiger partial charge on any atom is -0.874 e. The van der Waals surface area contributed by atoms with Crippen LogP contribution in [0.5, 0.6) is 11.5 Å². The summed E-state index contributed by atoms with van der Waals surface area (Å²) in [7, 11) is 0. The number of ether oxygens (including phenoxy) is 3. The molecule has 0 saturated carbocycles. The van der Waals surface area contributed by atoms with Crippen molar-refractivity contribution in [1.29, 1.82) is 0 Å². The van der Waals surface area contributed by atoms with Crippen LogP contribution in [0.4, 0.5) is 17.1 Å². The molecule has 2 unspecified atom stereocenters. The van der Waals surface area contributed by atoms with Crippen molar-refractivity contribution >= 4 is 40.1 Å². The fourth-order valence-electron chi connectivity index (χ4n) is 5.85. The fourth-order valence-corrected chi connectivity index (χ4v) is 5.85. The Kier molecular flexibility index (Phi) is 9.22. The van der Waals surface area contributed by atoms with Crippen LogP contribution in [0.25, 0.3) is 5.57 Å². The van der Waals surface area contributed by atoms with E-state index in [4.69, 9.17) is 14.2 Å². The maximum atomic E-state index is 13.3. The zero-order valence-corrected chi connectivity index (χ0v) is 26.8. The third kappa shape index (κ3) is 6.83. The third-order valence-corrected chi connectivity index (χ3v) is 8.53. The van der Waals surface area contributed by atoms with E-state index in [0.29, 0.717) is 30.0 Å². The molecule has 1 fully saturated rings. The van der Waals surface area contributed by atoms with Gasteiger partial charge in [-0.2, -0.15) is 4.58 Å². The van der Waals surface area contributed by atoms with Gasteiger partial charge in [0.2, 0.25) is 11.4 Å². The SMILES string of the molecule is C=C(C)C(=O)Oc1ccc([N+](CC)=C2C=CC(C3C(=O)C(c4ccc(N(CC)c5ccc(OCC6CO6)cc5)cc4)=C3[O-])C=C2)cc1. The maximum absolute atomic E-state index is 13.3. The lowest BCUT2D eigenvalue weighted by Gasteiger charge is -2.40. The van der Waals surface area contributed by atoms with E-state index in [1.54, 1.807) is 19.1 Å². The summed E-state index contributed by atoms with van der Waals surface area (Å²) in [4.78, 5) is 27.3. The molecule has 3 aromatic rings. The quantitative estimate of drug-likeness (QED) is 0.0806. The van der Waals surface area contributed by atoms with E-state index < -0.39 is 11.9 Å². The number of hydrogen-bond donors (Lipinski definition) is 0. The second-order valence-electron chi connectivity index (χ2n) is 11.8. The van der Waals surface area contributed by atoms with Crippen LogP contribution in [0.2, 0.25) is 0 Å². The molecule has 1 aliphatic heterocycles. The van der Waals surface area contributed by atoms with Gasteiger partial charge >= 0.3 is 5.97 Å². The summed E-state index contributed by atoms with van der Waals surface area (Å²) < 4.78 is 18.4. The van der Waals surface area contributed by atoms with Crippen molar-refractivity contribution < 1.29 is 33.5 Å². The topological polar surface area (TPSA) is 94.4 Å². The van der Waals surface area contributed by atoms with Gasteiger partial charge in [-0.05, 0) is 74.9 Å². The molecule has 3 aliphatic rings. The molecule has 8 nitrogen and oxygen atoms in total. The monoisotopic (exact) mass is 630 g/mol. The van der Waals surface area contributed by atoms with Crippen LogP contribution in [-0.4, -0.2) is 54.4 Å². The average Bonchev–Trinajstić information content (AvgIpc) is 3.92. The fraction of sp³-hybridized carbons (Fsp3) is 0.256.